The van der Waals surface area contributed by atoms with Crippen molar-refractivity contribution in [2.75, 3.05) is 20.6 Å². The van der Waals surface area contributed by atoms with Gasteiger partial charge < -0.3 is 4.90 Å². The summed E-state index contributed by atoms with van der Waals surface area (Å²) in [4.78, 5) is 2.11. The summed E-state index contributed by atoms with van der Waals surface area (Å²) >= 11 is 5.92. The molecule has 3 N–H and O–H groups in total. The first-order valence-electron chi connectivity index (χ1n) is 4.97. The van der Waals surface area contributed by atoms with Crippen molar-refractivity contribution in [3.8, 4) is 0 Å². The molecule has 0 aliphatic rings. The predicted molar refractivity (Wildman–Crippen MR) is 64.8 cm³/mol. The maximum Gasteiger partial charge on any atom is 0.0408 e. The Balaban J connectivity index is 2.58. The van der Waals surface area contributed by atoms with E-state index in [1.165, 1.54) is 5.56 Å². The molecule has 3 nitrogen and oxygen atoms in total. The standard InChI is InChI=1S/C11H18ClN3/c1-15(2)8-11(14-13)7-9-4-3-5-10(12)6-9/h3-6,11,14H,7-8,13H2,1-2H3. The van der Waals surface area contributed by atoms with Gasteiger partial charge in [-0.25, -0.2) is 0 Å². The lowest BCUT2D eigenvalue weighted by molar-refractivity contribution is 0.338. The molecule has 0 heterocycles. The molecule has 0 aliphatic heterocycles. The fraction of sp³-hybridized carbons (Fsp3) is 0.455. The van der Waals surface area contributed by atoms with Gasteiger partial charge in [0.05, 0.1) is 0 Å². The third-order valence-electron chi connectivity index (χ3n) is 2.19. The van der Waals surface area contributed by atoms with E-state index in [0.29, 0.717) is 0 Å². The second-order valence-electron chi connectivity index (χ2n) is 3.96. The molecule has 1 unspecified atom stereocenters. The van der Waals surface area contributed by atoms with Crippen LogP contribution >= 0.6 is 11.6 Å². The molecule has 0 saturated heterocycles. The molecule has 0 aliphatic carbocycles. The number of likely N-dealkylation sites (N-methyl/N-ethyl adjacent to an activating group) is 1. The minimum Gasteiger partial charge on any atom is -0.308 e. The maximum absolute atomic E-state index is 5.92. The molecule has 0 spiro atoms. The van der Waals surface area contributed by atoms with E-state index in [4.69, 9.17) is 17.4 Å². The van der Waals surface area contributed by atoms with E-state index >= 15 is 0 Å². The highest BCUT2D eigenvalue weighted by molar-refractivity contribution is 6.30. The molecule has 1 aromatic carbocycles. The summed E-state index contributed by atoms with van der Waals surface area (Å²) < 4.78 is 0. The van der Waals surface area contributed by atoms with Gasteiger partial charge in [-0.1, -0.05) is 23.7 Å². The smallest absolute Gasteiger partial charge is 0.0408 e. The van der Waals surface area contributed by atoms with Crippen LogP contribution in [-0.2, 0) is 6.42 Å². The normalized spacial score (nSPS) is 13.1. The van der Waals surface area contributed by atoms with Crippen LogP contribution in [0.2, 0.25) is 5.02 Å². The molecule has 15 heavy (non-hydrogen) atoms. The highest BCUT2D eigenvalue weighted by Gasteiger charge is 2.08. The minimum absolute atomic E-state index is 0.249. The Morgan fingerprint density at radius 1 is 1.47 bits per heavy atom. The number of nitrogens with two attached hydrogens (primary N) is 1. The van der Waals surface area contributed by atoms with E-state index in [1.54, 1.807) is 0 Å². The van der Waals surface area contributed by atoms with Crippen molar-refractivity contribution in [1.82, 2.24) is 10.3 Å². The number of hydrogen-bond donors (Lipinski definition) is 2. The molecular formula is C11H18ClN3. The summed E-state index contributed by atoms with van der Waals surface area (Å²) in [5, 5.41) is 0.771. The van der Waals surface area contributed by atoms with Crippen molar-refractivity contribution in [1.29, 1.82) is 0 Å². The quantitative estimate of drug-likeness (QED) is 0.588. The zero-order valence-corrected chi connectivity index (χ0v) is 9.96. The van der Waals surface area contributed by atoms with E-state index in [9.17, 15) is 0 Å². The number of hydrogen-bond acceptors (Lipinski definition) is 3. The van der Waals surface area contributed by atoms with Gasteiger partial charge in [0.15, 0.2) is 0 Å². The van der Waals surface area contributed by atoms with Crippen LogP contribution in [0.15, 0.2) is 24.3 Å². The summed E-state index contributed by atoms with van der Waals surface area (Å²) in [7, 11) is 4.06. The highest BCUT2D eigenvalue weighted by Crippen LogP contribution is 2.12. The fourth-order valence-electron chi connectivity index (χ4n) is 1.57. The first-order chi connectivity index (χ1) is 7.11. The summed E-state index contributed by atoms with van der Waals surface area (Å²) in [5.41, 5.74) is 4.02. The number of rotatable bonds is 5. The molecule has 0 bridgehead atoms. The van der Waals surface area contributed by atoms with Crippen molar-refractivity contribution in [2.24, 2.45) is 5.84 Å². The van der Waals surface area contributed by atoms with Crippen LogP contribution < -0.4 is 11.3 Å². The highest BCUT2D eigenvalue weighted by atomic mass is 35.5. The van der Waals surface area contributed by atoms with Crippen LogP contribution in [0.1, 0.15) is 5.56 Å². The van der Waals surface area contributed by atoms with Crippen molar-refractivity contribution in [3.05, 3.63) is 34.9 Å². The first kappa shape index (κ1) is 12.5. The topological polar surface area (TPSA) is 41.3 Å². The summed E-state index contributed by atoms with van der Waals surface area (Å²) in [6.07, 6.45) is 0.884. The average molecular weight is 228 g/mol. The Morgan fingerprint density at radius 3 is 2.73 bits per heavy atom. The average Bonchev–Trinajstić information content (AvgIpc) is 2.16. The molecule has 0 amide bonds. The third-order valence-corrected chi connectivity index (χ3v) is 2.43. The zero-order valence-electron chi connectivity index (χ0n) is 9.20. The molecule has 0 saturated carbocycles. The van der Waals surface area contributed by atoms with E-state index in [-0.39, 0.29) is 6.04 Å². The predicted octanol–water partition coefficient (Wildman–Crippen LogP) is 1.28. The number of nitrogens with zero attached hydrogens (tertiary/aromatic N) is 1. The van der Waals surface area contributed by atoms with Crippen LogP contribution in [0.3, 0.4) is 0 Å². The van der Waals surface area contributed by atoms with Crippen LogP contribution in [0.4, 0.5) is 0 Å². The lowest BCUT2D eigenvalue weighted by atomic mass is 10.1. The van der Waals surface area contributed by atoms with Gasteiger partial charge in [-0.05, 0) is 38.2 Å². The Morgan fingerprint density at radius 2 is 2.20 bits per heavy atom. The van der Waals surface area contributed by atoms with Crippen LogP contribution in [0, 0.1) is 0 Å². The van der Waals surface area contributed by atoms with Gasteiger partial charge in [0, 0.05) is 17.6 Å². The third kappa shape index (κ3) is 4.62. The number of halogens is 1. The van der Waals surface area contributed by atoms with Crippen LogP contribution in [0.25, 0.3) is 0 Å². The number of nitrogens with one attached hydrogen (secondary N) is 1. The van der Waals surface area contributed by atoms with E-state index < -0.39 is 0 Å². The molecule has 1 aromatic rings. The van der Waals surface area contributed by atoms with Gasteiger partial charge in [-0.3, -0.25) is 11.3 Å². The fourth-order valence-corrected chi connectivity index (χ4v) is 1.78. The van der Waals surface area contributed by atoms with Crippen molar-refractivity contribution in [3.63, 3.8) is 0 Å². The largest absolute Gasteiger partial charge is 0.308 e. The molecule has 0 radical (unpaired) electrons. The molecule has 4 heteroatoms. The van der Waals surface area contributed by atoms with E-state index in [0.717, 1.165) is 18.0 Å². The Kier molecular flexibility index (Phi) is 5.05. The first-order valence-corrected chi connectivity index (χ1v) is 5.35. The second kappa shape index (κ2) is 6.08. The molecular weight excluding hydrogens is 210 g/mol. The lowest BCUT2D eigenvalue weighted by Crippen LogP contribution is -2.43. The minimum atomic E-state index is 0.249. The van der Waals surface area contributed by atoms with Crippen molar-refractivity contribution in [2.45, 2.75) is 12.5 Å². The summed E-state index contributed by atoms with van der Waals surface area (Å²) in [5.74, 6) is 5.50. The van der Waals surface area contributed by atoms with Gasteiger partial charge in [0.1, 0.15) is 0 Å². The monoisotopic (exact) mass is 227 g/mol. The van der Waals surface area contributed by atoms with E-state index in [1.807, 2.05) is 32.3 Å². The molecule has 84 valence electrons. The van der Waals surface area contributed by atoms with Crippen LogP contribution in [0.5, 0.6) is 0 Å². The summed E-state index contributed by atoms with van der Waals surface area (Å²) in [6, 6.07) is 8.12. The van der Waals surface area contributed by atoms with E-state index in [2.05, 4.69) is 16.4 Å². The molecule has 0 aromatic heterocycles. The molecule has 1 rings (SSSR count). The molecule has 1 atom stereocenters. The molecule has 0 fully saturated rings. The van der Waals surface area contributed by atoms with Gasteiger partial charge in [-0.2, -0.15) is 0 Å². The van der Waals surface area contributed by atoms with Gasteiger partial charge in [0.2, 0.25) is 0 Å². The van der Waals surface area contributed by atoms with Gasteiger partial charge in [0.25, 0.3) is 0 Å². The van der Waals surface area contributed by atoms with Crippen LogP contribution in [-0.4, -0.2) is 31.6 Å². The lowest BCUT2D eigenvalue weighted by Gasteiger charge is -2.20. The SMILES string of the molecule is CN(C)CC(Cc1cccc(Cl)c1)NN. The van der Waals surface area contributed by atoms with Crippen molar-refractivity contribution < 1.29 is 0 Å². The Labute approximate surface area is 96.2 Å². The Hall–Kier alpha value is -0.610. The van der Waals surface area contributed by atoms with Crippen molar-refractivity contribution >= 4 is 11.6 Å². The number of hydrazine groups is 1. The second-order valence-corrected chi connectivity index (χ2v) is 4.40. The number of benzene rings is 1. The maximum atomic E-state index is 5.92. The zero-order chi connectivity index (χ0) is 11.3. The Bertz CT molecular complexity index is 302. The van der Waals surface area contributed by atoms with Gasteiger partial charge >= 0.3 is 0 Å². The summed E-state index contributed by atoms with van der Waals surface area (Å²) in [6.45, 7) is 0.906. The van der Waals surface area contributed by atoms with Gasteiger partial charge in [-0.15, -0.1) is 0 Å².